The van der Waals surface area contributed by atoms with Crippen molar-refractivity contribution in [1.29, 1.82) is 0 Å². The Bertz CT molecular complexity index is 1460. The molecule has 0 radical (unpaired) electrons. The third-order valence-electron chi connectivity index (χ3n) is 6.40. The first kappa shape index (κ1) is 29.0. The quantitative estimate of drug-likeness (QED) is 0.304. The first-order valence-electron chi connectivity index (χ1n) is 12.0. The van der Waals surface area contributed by atoms with Gasteiger partial charge in [-0.25, -0.2) is 17.2 Å². The van der Waals surface area contributed by atoms with Crippen LogP contribution in [0.1, 0.15) is 25.0 Å². The van der Waals surface area contributed by atoms with Crippen LogP contribution in [0.15, 0.2) is 48.0 Å². The van der Waals surface area contributed by atoms with E-state index in [1.807, 2.05) is 45.0 Å². The molecule has 0 spiro atoms. The normalized spacial score (nSPS) is 11.2. The standard InChI is InChI=1S/C29H34F2N2O4S/c1-17(2)13-14-32-22-11-9-20(10-12-22)25-18(3)29(37-7)26(19(4)28(25)36-6)21-15-23(30)27(24(31)16-21)33(5)38(8,34)35/h9-13,15-16,32H,14H2,1-8H3. The van der Waals surface area contributed by atoms with Gasteiger partial charge in [0.1, 0.15) is 17.2 Å². The van der Waals surface area contributed by atoms with Crippen LogP contribution in [0, 0.1) is 25.5 Å². The Hall–Kier alpha value is -3.59. The summed E-state index contributed by atoms with van der Waals surface area (Å²) in [5, 5.41) is 3.35. The molecular formula is C29H34F2N2O4S. The van der Waals surface area contributed by atoms with Crippen molar-refractivity contribution in [3.63, 3.8) is 0 Å². The minimum atomic E-state index is -3.86. The largest absolute Gasteiger partial charge is 0.496 e. The predicted octanol–water partition coefficient (Wildman–Crippen LogP) is 6.71. The number of nitrogens with zero attached hydrogens (tertiary/aromatic N) is 1. The Morgan fingerprint density at radius 1 is 0.921 bits per heavy atom. The van der Waals surface area contributed by atoms with Gasteiger partial charge in [-0.2, -0.15) is 0 Å². The van der Waals surface area contributed by atoms with Crippen LogP contribution in [-0.2, 0) is 10.0 Å². The molecule has 0 aliphatic heterocycles. The maximum absolute atomic E-state index is 15.1. The maximum atomic E-state index is 15.1. The summed E-state index contributed by atoms with van der Waals surface area (Å²) in [6.45, 7) is 8.47. The summed E-state index contributed by atoms with van der Waals surface area (Å²) < 4.78 is 66.2. The van der Waals surface area contributed by atoms with E-state index in [4.69, 9.17) is 9.47 Å². The molecule has 0 saturated heterocycles. The van der Waals surface area contributed by atoms with Gasteiger partial charge in [0.2, 0.25) is 10.0 Å². The summed E-state index contributed by atoms with van der Waals surface area (Å²) >= 11 is 0. The zero-order valence-electron chi connectivity index (χ0n) is 23.0. The van der Waals surface area contributed by atoms with Crippen molar-refractivity contribution >= 4 is 21.4 Å². The zero-order chi connectivity index (χ0) is 28.4. The maximum Gasteiger partial charge on any atom is 0.232 e. The van der Waals surface area contributed by atoms with Crippen LogP contribution in [0.5, 0.6) is 11.5 Å². The highest BCUT2D eigenvalue weighted by Gasteiger charge is 2.27. The lowest BCUT2D eigenvalue weighted by atomic mass is 9.89. The Morgan fingerprint density at radius 3 is 1.82 bits per heavy atom. The van der Waals surface area contributed by atoms with Crippen LogP contribution in [0.25, 0.3) is 22.3 Å². The summed E-state index contributed by atoms with van der Waals surface area (Å²) in [7, 11) is 0.280. The van der Waals surface area contributed by atoms with Gasteiger partial charge in [0.25, 0.3) is 0 Å². The number of nitrogens with one attached hydrogen (secondary N) is 1. The third-order valence-corrected chi connectivity index (χ3v) is 7.58. The van der Waals surface area contributed by atoms with Crippen molar-refractivity contribution in [1.82, 2.24) is 0 Å². The van der Waals surface area contributed by atoms with Crippen LogP contribution < -0.4 is 19.1 Å². The zero-order valence-corrected chi connectivity index (χ0v) is 23.8. The minimum Gasteiger partial charge on any atom is -0.496 e. The van der Waals surface area contributed by atoms with Crippen LogP contribution in [0.2, 0.25) is 0 Å². The van der Waals surface area contributed by atoms with Gasteiger partial charge < -0.3 is 14.8 Å². The molecule has 0 fully saturated rings. The number of rotatable bonds is 9. The Balaban J connectivity index is 2.17. The van der Waals surface area contributed by atoms with Gasteiger partial charge in [-0.3, -0.25) is 4.31 Å². The second-order valence-electron chi connectivity index (χ2n) is 9.33. The highest BCUT2D eigenvalue weighted by atomic mass is 32.2. The third kappa shape index (κ3) is 5.78. The highest BCUT2D eigenvalue weighted by molar-refractivity contribution is 7.92. The highest BCUT2D eigenvalue weighted by Crippen LogP contribution is 2.48. The van der Waals surface area contributed by atoms with Crippen molar-refractivity contribution in [3.8, 4) is 33.8 Å². The molecule has 0 aromatic heterocycles. The number of benzene rings is 3. The van der Waals surface area contributed by atoms with E-state index in [9.17, 15) is 8.42 Å². The average Bonchev–Trinajstić information content (AvgIpc) is 2.83. The molecule has 9 heteroatoms. The molecule has 3 aromatic rings. The van der Waals surface area contributed by atoms with Crippen molar-refractivity contribution in [2.45, 2.75) is 27.7 Å². The van der Waals surface area contributed by atoms with Crippen molar-refractivity contribution < 1.29 is 26.7 Å². The van der Waals surface area contributed by atoms with Crippen LogP contribution in [-0.4, -0.2) is 42.5 Å². The van der Waals surface area contributed by atoms with Gasteiger partial charge in [-0.1, -0.05) is 23.8 Å². The van der Waals surface area contributed by atoms with E-state index < -0.39 is 27.3 Å². The van der Waals surface area contributed by atoms with E-state index in [0.29, 0.717) is 26.9 Å². The van der Waals surface area contributed by atoms with Crippen molar-refractivity contribution in [3.05, 3.63) is 70.8 Å². The lowest BCUT2D eigenvalue weighted by Gasteiger charge is -2.24. The van der Waals surface area contributed by atoms with E-state index in [-0.39, 0.29) is 5.56 Å². The second kappa shape index (κ2) is 11.4. The van der Waals surface area contributed by atoms with Crippen LogP contribution >= 0.6 is 0 Å². The van der Waals surface area contributed by atoms with Gasteiger partial charge in [0.05, 0.1) is 20.5 Å². The lowest BCUT2D eigenvalue weighted by Crippen LogP contribution is -2.26. The van der Waals surface area contributed by atoms with Gasteiger partial charge in [0.15, 0.2) is 11.6 Å². The monoisotopic (exact) mass is 544 g/mol. The molecule has 3 rings (SSSR count). The van der Waals surface area contributed by atoms with E-state index in [1.165, 1.54) is 12.7 Å². The van der Waals surface area contributed by atoms with Crippen molar-refractivity contribution in [2.75, 3.05) is 43.7 Å². The predicted molar refractivity (Wildman–Crippen MR) is 151 cm³/mol. The van der Waals surface area contributed by atoms with E-state index in [1.54, 1.807) is 14.0 Å². The number of methoxy groups -OCH3 is 2. The van der Waals surface area contributed by atoms with Crippen LogP contribution in [0.4, 0.5) is 20.2 Å². The molecule has 6 nitrogen and oxygen atoms in total. The molecule has 0 unspecified atom stereocenters. The van der Waals surface area contributed by atoms with Gasteiger partial charge in [-0.05, 0) is 63.1 Å². The van der Waals surface area contributed by atoms with E-state index in [2.05, 4.69) is 11.4 Å². The molecule has 0 aliphatic rings. The van der Waals surface area contributed by atoms with Gasteiger partial charge >= 0.3 is 0 Å². The minimum absolute atomic E-state index is 0.201. The number of anilines is 2. The Kier molecular flexibility index (Phi) is 8.72. The fourth-order valence-electron chi connectivity index (χ4n) is 4.45. The molecule has 1 N–H and O–H groups in total. The van der Waals surface area contributed by atoms with Gasteiger partial charge in [-0.15, -0.1) is 0 Å². The summed E-state index contributed by atoms with van der Waals surface area (Å²) in [5.74, 6) is -1.04. The summed E-state index contributed by atoms with van der Waals surface area (Å²) in [5.41, 5.74) is 5.25. The number of halogens is 2. The molecule has 0 heterocycles. The summed E-state index contributed by atoms with van der Waals surface area (Å²) in [6, 6.07) is 10.1. The molecule has 204 valence electrons. The van der Waals surface area contributed by atoms with Crippen molar-refractivity contribution in [2.24, 2.45) is 0 Å². The lowest BCUT2D eigenvalue weighted by molar-refractivity contribution is 0.401. The molecule has 3 aromatic carbocycles. The number of sulfonamides is 1. The first-order valence-corrected chi connectivity index (χ1v) is 13.8. The molecule has 38 heavy (non-hydrogen) atoms. The fourth-order valence-corrected chi connectivity index (χ4v) is 4.96. The first-order chi connectivity index (χ1) is 17.8. The second-order valence-corrected chi connectivity index (χ2v) is 11.3. The van der Waals surface area contributed by atoms with E-state index in [0.717, 1.165) is 54.4 Å². The summed E-state index contributed by atoms with van der Waals surface area (Å²) in [4.78, 5) is 0. The number of hydrogen-bond acceptors (Lipinski definition) is 5. The topological polar surface area (TPSA) is 67.9 Å². The average molecular weight is 545 g/mol. The molecule has 0 saturated carbocycles. The Morgan fingerprint density at radius 2 is 1.39 bits per heavy atom. The van der Waals surface area contributed by atoms with Gasteiger partial charge in [0, 0.05) is 41.5 Å². The molecule has 0 bridgehead atoms. The summed E-state index contributed by atoms with van der Waals surface area (Å²) in [6.07, 6.45) is 2.98. The number of ether oxygens (including phenoxy) is 2. The van der Waals surface area contributed by atoms with E-state index >= 15 is 8.78 Å². The number of allylic oxidation sites excluding steroid dienone is 1. The molecule has 0 amide bonds. The fraction of sp³-hybridized carbons (Fsp3) is 0.310. The molecule has 0 atom stereocenters. The molecular weight excluding hydrogens is 510 g/mol. The SMILES string of the molecule is COc1c(C)c(-c2cc(F)c(N(C)S(C)(=O)=O)c(F)c2)c(OC)c(C)c1-c1ccc(NCC=C(C)C)cc1. The number of hydrogen-bond donors (Lipinski definition) is 1. The molecule has 0 aliphatic carbocycles. The Labute approximate surface area is 223 Å². The smallest absolute Gasteiger partial charge is 0.232 e. The van der Waals surface area contributed by atoms with Crippen LogP contribution in [0.3, 0.4) is 0 Å².